The number of rotatable bonds is 5. The third-order valence-corrected chi connectivity index (χ3v) is 5.05. The number of hydrogen-bond acceptors (Lipinski definition) is 4. The minimum atomic E-state index is -0.504. The van der Waals surface area contributed by atoms with Crippen molar-refractivity contribution >= 4 is 12.0 Å². The van der Waals surface area contributed by atoms with E-state index < -0.39 is 5.60 Å². The first kappa shape index (κ1) is 17.6. The Morgan fingerprint density at radius 1 is 1.28 bits per heavy atom. The molecule has 0 unspecified atom stereocenters. The summed E-state index contributed by atoms with van der Waals surface area (Å²) in [5.41, 5.74) is 0.700. The van der Waals surface area contributed by atoms with Crippen molar-refractivity contribution in [3.05, 3.63) is 29.8 Å². The summed E-state index contributed by atoms with van der Waals surface area (Å²) < 4.78 is 10.7. The van der Waals surface area contributed by atoms with Crippen molar-refractivity contribution in [2.75, 3.05) is 33.8 Å². The maximum Gasteiger partial charge on any atom is 0.410 e. The number of benzene rings is 1. The van der Waals surface area contributed by atoms with Gasteiger partial charge in [-0.25, -0.2) is 4.79 Å². The third kappa shape index (κ3) is 4.06. The number of nitrogens with zero attached hydrogens (tertiary/aromatic N) is 2. The van der Waals surface area contributed by atoms with E-state index in [1.54, 1.807) is 19.1 Å². The van der Waals surface area contributed by atoms with Crippen LogP contribution in [0, 0.1) is 0 Å². The van der Waals surface area contributed by atoms with Crippen LogP contribution in [0.5, 0.6) is 5.75 Å². The monoisotopic (exact) mass is 346 g/mol. The van der Waals surface area contributed by atoms with Gasteiger partial charge in [0.1, 0.15) is 11.4 Å². The SMILES string of the molecule is COc1ccc(CCCC(=O)N2CCC[C@@]3(CN(C)C(=O)O3)C2)cc1. The van der Waals surface area contributed by atoms with Crippen LogP contribution in [0.3, 0.4) is 0 Å². The quantitative estimate of drug-likeness (QED) is 0.822. The lowest BCUT2D eigenvalue weighted by Crippen LogP contribution is -2.52. The van der Waals surface area contributed by atoms with E-state index in [4.69, 9.17) is 9.47 Å². The topological polar surface area (TPSA) is 59.1 Å². The fourth-order valence-electron chi connectivity index (χ4n) is 3.71. The molecule has 6 heteroatoms. The summed E-state index contributed by atoms with van der Waals surface area (Å²) in [7, 11) is 3.39. The molecule has 25 heavy (non-hydrogen) atoms. The Bertz CT molecular complexity index is 631. The highest BCUT2D eigenvalue weighted by Gasteiger charge is 2.47. The summed E-state index contributed by atoms with van der Waals surface area (Å²) >= 11 is 0. The highest BCUT2D eigenvalue weighted by molar-refractivity contribution is 5.77. The molecule has 1 atom stereocenters. The highest BCUT2D eigenvalue weighted by atomic mass is 16.6. The highest BCUT2D eigenvalue weighted by Crippen LogP contribution is 2.31. The van der Waals surface area contributed by atoms with Crippen molar-refractivity contribution in [3.63, 3.8) is 0 Å². The lowest BCUT2D eigenvalue weighted by Gasteiger charge is -2.38. The number of methoxy groups -OCH3 is 1. The average Bonchev–Trinajstić information content (AvgIpc) is 2.88. The second kappa shape index (κ2) is 7.33. The summed E-state index contributed by atoms with van der Waals surface area (Å²) in [6.45, 7) is 1.84. The molecule has 6 nitrogen and oxygen atoms in total. The van der Waals surface area contributed by atoms with Gasteiger partial charge in [0.05, 0.1) is 20.2 Å². The molecule has 0 saturated carbocycles. The van der Waals surface area contributed by atoms with Crippen LogP contribution in [0.15, 0.2) is 24.3 Å². The number of amides is 2. The number of likely N-dealkylation sites (N-methyl/N-ethyl adjacent to an activating group) is 1. The van der Waals surface area contributed by atoms with Gasteiger partial charge in [-0.05, 0) is 43.4 Å². The predicted octanol–water partition coefficient (Wildman–Crippen LogP) is 2.46. The first-order valence-electron chi connectivity index (χ1n) is 8.86. The smallest absolute Gasteiger partial charge is 0.410 e. The molecule has 0 N–H and O–H groups in total. The van der Waals surface area contributed by atoms with Gasteiger partial charge in [-0.1, -0.05) is 12.1 Å². The summed E-state index contributed by atoms with van der Waals surface area (Å²) in [5.74, 6) is 0.993. The molecule has 1 aromatic carbocycles. The minimum absolute atomic E-state index is 0.151. The molecule has 2 saturated heterocycles. The maximum atomic E-state index is 12.5. The molecule has 136 valence electrons. The van der Waals surface area contributed by atoms with Crippen LogP contribution in [-0.2, 0) is 16.0 Å². The van der Waals surface area contributed by atoms with Gasteiger partial charge in [-0.3, -0.25) is 4.79 Å². The lowest BCUT2D eigenvalue weighted by molar-refractivity contribution is -0.136. The van der Waals surface area contributed by atoms with E-state index in [1.165, 1.54) is 5.56 Å². The number of carbonyl (C=O) groups excluding carboxylic acids is 2. The van der Waals surface area contributed by atoms with Crippen LogP contribution >= 0.6 is 0 Å². The molecule has 0 bridgehead atoms. The van der Waals surface area contributed by atoms with Crippen molar-refractivity contribution < 1.29 is 19.1 Å². The molecule has 1 aromatic rings. The Morgan fingerprint density at radius 2 is 2.04 bits per heavy atom. The normalized spacial score (nSPS) is 23.0. The largest absolute Gasteiger partial charge is 0.497 e. The van der Waals surface area contributed by atoms with Gasteiger partial charge < -0.3 is 19.3 Å². The van der Waals surface area contributed by atoms with Gasteiger partial charge in [0, 0.05) is 20.0 Å². The second-order valence-corrected chi connectivity index (χ2v) is 7.03. The zero-order chi connectivity index (χ0) is 17.9. The summed E-state index contributed by atoms with van der Waals surface area (Å²) in [6, 6.07) is 7.95. The lowest BCUT2D eigenvalue weighted by atomic mass is 9.92. The van der Waals surface area contributed by atoms with E-state index in [9.17, 15) is 9.59 Å². The minimum Gasteiger partial charge on any atom is -0.497 e. The van der Waals surface area contributed by atoms with E-state index in [0.29, 0.717) is 19.5 Å². The molecule has 2 fully saturated rings. The third-order valence-electron chi connectivity index (χ3n) is 5.05. The molecule has 2 heterocycles. The average molecular weight is 346 g/mol. The van der Waals surface area contributed by atoms with Gasteiger partial charge in [0.15, 0.2) is 0 Å². The summed E-state index contributed by atoms with van der Waals surface area (Å²) in [6.07, 6.45) is 3.63. The zero-order valence-corrected chi connectivity index (χ0v) is 15.0. The van der Waals surface area contributed by atoms with Gasteiger partial charge in [0.25, 0.3) is 0 Å². The molecule has 0 aliphatic carbocycles. The van der Waals surface area contributed by atoms with Gasteiger partial charge in [0.2, 0.25) is 5.91 Å². The molecule has 1 spiro atoms. The maximum absolute atomic E-state index is 12.5. The molecule has 2 amide bonds. The Kier molecular flexibility index (Phi) is 5.16. The summed E-state index contributed by atoms with van der Waals surface area (Å²) in [5, 5.41) is 0. The van der Waals surface area contributed by atoms with Crippen molar-refractivity contribution in [2.24, 2.45) is 0 Å². The Hall–Kier alpha value is -2.24. The van der Waals surface area contributed by atoms with Gasteiger partial charge in [-0.2, -0.15) is 0 Å². The van der Waals surface area contributed by atoms with Gasteiger partial charge in [-0.15, -0.1) is 0 Å². The Labute approximate surface area is 148 Å². The van der Waals surface area contributed by atoms with Crippen molar-refractivity contribution in [3.8, 4) is 5.75 Å². The molecule has 0 aromatic heterocycles. The first-order chi connectivity index (χ1) is 12.0. The zero-order valence-electron chi connectivity index (χ0n) is 15.0. The van der Waals surface area contributed by atoms with E-state index >= 15 is 0 Å². The Morgan fingerprint density at radius 3 is 2.68 bits per heavy atom. The molecule has 2 aliphatic heterocycles. The number of carbonyl (C=O) groups is 2. The molecular formula is C19H26N2O4. The number of hydrogen-bond donors (Lipinski definition) is 0. The first-order valence-corrected chi connectivity index (χ1v) is 8.86. The second-order valence-electron chi connectivity index (χ2n) is 7.03. The number of ether oxygens (including phenoxy) is 2. The number of aryl methyl sites for hydroxylation is 1. The van der Waals surface area contributed by atoms with Crippen LogP contribution in [0.1, 0.15) is 31.2 Å². The van der Waals surface area contributed by atoms with E-state index in [-0.39, 0.29) is 12.0 Å². The molecule has 2 aliphatic rings. The number of piperidine rings is 1. The van der Waals surface area contributed by atoms with E-state index in [2.05, 4.69) is 0 Å². The van der Waals surface area contributed by atoms with Crippen LogP contribution < -0.4 is 4.74 Å². The predicted molar refractivity (Wildman–Crippen MR) is 93.6 cm³/mol. The van der Waals surface area contributed by atoms with Crippen molar-refractivity contribution in [1.82, 2.24) is 9.80 Å². The van der Waals surface area contributed by atoms with Crippen LogP contribution in [0.25, 0.3) is 0 Å². The molecular weight excluding hydrogens is 320 g/mol. The standard InChI is InChI=1S/C19H26N2O4/c1-20-13-19(25-18(20)23)11-4-12-21(14-19)17(22)6-3-5-15-7-9-16(24-2)10-8-15/h7-10H,3-6,11-14H2,1-2H3/t19-/m1/s1. The summed E-state index contributed by atoms with van der Waals surface area (Å²) in [4.78, 5) is 27.7. The van der Waals surface area contributed by atoms with Crippen molar-refractivity contribution in [1.29, 1.82) is 0 Å². The molecule has 3 rings (SSSR count). The Balaban J connectivity index is 1.48. The van der Waals surface area contributed by atoms with E-state index in [1.807, 2.05) is 29.2 Å². The fraction of sp³-hybridized carbons (Fsp3) is 0.579. The van der Waals surface area contributed by atoms with E-state index in [0.717, 1.165) is 38.0 Å². The van der Waals surface area contributed by atoms with Crippen LogP contribution in [-0.4, -0.2) is 61.2 Å². The van der Waals surface area contributed by atoms with Crippen molar-refractivity contribution in [2.45, 2.75) is 37.7 Å². The number of likely N-dealkylation sites (tertiary alicyclic amines) is 1. The van der Waals surface area contributed by atoms with Crippen LogP contribution in [0.4, 0.5) is 4.79 Å². The molecule has 0 radical (unpaired) electrons. The van der Waals surface area contributed by atoms with Crippen LogP contribution in [0.2, 0.25) is 0 Å². The fourth-order valence-corrected chi connectivity index (χ4v) is 3.71. The van der Waals surface area contributed by atoms with Gasteiger partial charge >= 0.3 is 6.09 Å².